The van der Waals surface area contributed by atoms with E-state index in [1.165, 1.54) is 57.4 Å². The van der Waals surface area contributed by atoms with E-state index in [-0.39, 0.29) is 36.3 Å². The Balaban J connectivity index is 0.000000201. The molecule has 248 valence electrons. The Morgan fingerprint density at radius 3 is 1.58 bits per heavy atom. The van der Waals surface area contributed by atoms with E-state index in [0.29, 0.717) is 4.88 Å². The third-order valence-corrected chi connectivity index (χ3v) is 9.54. The molecule has 5 aromatic heterocycles. The van der Waals surface area contributed by atoms with Gasteiger partial charge in [-0.1, -0.05) is 12.4 Å². The Hall–Kier alpha value is -4.03. The van der Waals surface area contributed by atoms with Gasteiger partial charge >= 0.3 is 18.9 Å². The minimum Gasteiger partial charge on any atom is -0.391 e. The molecule has 13 heteroatoms. The molecule has 0 aliphatic heterocycles. The maximum absolute atomic E-state index is 13.0. The standard InChI is InChI=1S/C16H13FN2OS.C11H8FNOS.C5H4IN.C5H4N.Li/c1-16(20,12-6-8-18-9-7-12)14-10-19-15(21-14)11-2-4-13(17)5-3-11;1-7(14)10-6-13-11(15-10)8-2-4-9(12)5-3-8;6-5-1-3-7-4-2-5;1-2-4-6-5-3-1;/h2-10,20H,1H3;2-6H,1H3;1-4H;2-5H;/q;;;-1;+1. The zero-order valence-electron chi connectivity index (χ0n) is 27.2. The molecule has 7 rings (SSSR count). The summed E-state index contributed by atoms with van der Waals surface area (Å²) in [5.41, 5.74) is 1.29. The fourth-order valence-corrected chi connectivity index (χ4v) is 5.95. The monoisotopic (exact) mass is 811 g/mol. The number of benzene rings is 2. The molecule has 5 heterocycles. The third-order valence-electron chi connectivity index (χ3n) is 6.42. The first-order chi connectivity index (χ1) is 23.6. The van der Waals surface area contributed by atoms with Gasteiger partial charge in [0.25, 0.3) is 0 Å². The van der Waals surface area contributed by atoms with E-state index in [2.05, 4.69) is 53.6 Å². The quantitative estimate of drug-likeness (QED) is 0.0940. The molecule has 0 fully saturated rings. The maximum atomic E-state index is 13.0. The molecular formula is C37H29F2ILiN5O2S2. The molecule has 0 amide bonds. The molecule has 0 saturated heterocycles. The molecule has 0 aliphatic rings. The van der Waals surface area contributed by atoms with E-state index in [1.807, 2.05) is 12.1 Å². The van der Waals surface area contributed by atoms with Crippen LogP contribution in [-0.4, -0.2) is 35.8 Å². The van der Waals surface area contributed by atoms with Crippen molar-refractivity contribution in [1.29, 1.82) is 0 Å². The largest absolute Gasteiger partial charge is 1.00 e. The number of rotatable bonds is 5. The summed E-state index contributed by atoms with van der Waals surface area (Å²) in [5.74, 6) is -0.553. The van der Waals surface area contributed by atoms with Gasteiger partial charge in [-0.05, 0) is 108 Å². The molecule has 0 radical (unpaired) electrons. The van der Waals surface area contributed by atoms with Gasteiger partial charge in [0.2, 0.25) is 0 Å². The Kier molecular flexibility index (Phi) is 16.6. The Morgan fingerprint density at radius 1 is 0.720 bits per heavy atom. The summed E-state index contributed by atoms with van der Waals surface area (Å²) in [5, 5.41) is 12.2. The van der Waals surface area contributed by atoms with Crippen molar-refractivity contribution in [2.45, 2.75) is 19.4 Å². The smallest absolute Gasteiger partial charge is 0.391 e. The van der Waals surface area contributed by atoms with E-state index in [4.69, 9.17) is 0 Å². The molecule has 1 unspecified atom stereocenters. The van der Waals surface area contributed by atoms with Gasteiger partial charge in [-0.15, -0.1) is 22.7 Å². The molecule has 7 nitrogen and oxygen atoms in total. The number of aromatic nitrogens is 5. The van der Waals surface area contributed by atoms with Gasteiger partial charge in [0.05, 0.1) is 9.75 Å². The summed E-state index contributed by atoms with van der Waals surface area (Å²) < 4.78 is 26.8. The molecule has 2 aromatic carbocycles. The van der Waals surface area contributed by atoms with E-state index in [0.717, 1.165) is 31.6 Å². The summed E-state index contributed by atoms with van der Waals surface area (Å²) in [7, 11) is 0. The second kappa shape index (κ2) is 20.6. The first kappa shape index (κ1) is 40.4. The van der Waals surface area contributed by atoms with Crippen molar-refractivity contribution in [1.82, 2.24) is 24.9 Å². The number of carbonyl (C=O) groups excluding carboxylic acids is 1. The molecule has 1 atom stereocenters. The predicted molar refractivity (Wildman–Crippen MR) is 198 cm³/mol. The van der Waals surface area contributed by atoms with Crippen molar-refractivity contribution in [3.05, 3.63) is 171 Å². The summed E-state index contributed by atoms with van der Waals surface area (Å²) >= 11 is 4.95. The number of hydrogen-bond acceptors (Lipinski definition) is 9. The van der Waals surface area contributed by atoms with E-state index < -0.39 is 5.60 Å². The van der Waals surface area contributed by atoms with Crippen molar-refractivity contribution in [3.63, 3.8) is 0 Å². The van der Waals surface area contributed by atoms with Crippen LogP contribution in [0.15, 0.2) is 135 Å². The normalized spacial score (nSPS) is 11.1. The van der Waals surface area contributed by atoms with Crippen molar-refractivity contribution in [3.8, 4) is 21.1 Å². The van der Waals surface area contributed by atoms with E-state index in [1.54, 1.807) is 105 Å². The van der Waals surface area contributed by atoms with Crippen LogP contribution in [-0.2, 0) is 5.60 Å². The Labute approximate surface area is 322 Å². The molecule has 0 saturated carbocycles. The van der Waals surface area contributed by atoms with Crippen LogP contribution in [0.5, 0.6) is 0 Å². The number of Topliss-reactive ketones (excluding diaryl/α,β-unsaturated/α-hetero) is 1. The number of aliphatic hydroxyl groups is 1. The number of hydrogen-bond donors (Lipinski definition) is 1. The average Bonchev–Trinajstić information content (AvgIpc) is 3.84. The summed E-state index contributed by atoms with van der Waals surface area (Å²) in [6, 6.07) is 26.0. The van der Waals surface area contributed by atoms with Gasteiger partial charge in [0, 0.05) is 58.8 Å². The van der Waals surface area contributed by atoms with Gasteiger partial charge in [0.15, 0.2) is 5.78 Å². The predicted octanol–water partition coefficient (Wildman–Crippen LogP) is 6.32. The SMILES string of the molecule is CC(=O)c1cnc(-c2ccc(F)cc2)s1.CC(O)(c1ccncc1)c1cnc(-c2ccc(F)cc2)s1.Ic1ccncc1.[Li+].[c-]1ccncc1. The molecule has 0 bridgehead atoms. The minimum absolute atomic E-state index is 0. The van der Waals surface area contributed by atoms with Crippen LogP contribution in [0.4, 0.5) is 8.78 Å². The maximum Gasteiger partial charge on any atom is 1.00 e. The second-order valence-corrected chi connectivity index (χ2v) is 13.4. The van der Waals surface area contributed by atoms with Crippen LogP contribution in [0.1, 0.15) is 34.0 Å². The van der Waals surface area contributed by atoms with Crippen molar-refractivity contribution in [2.75, 3.05) is 0 Å². The number of thiazole rings is 2. The van der Waals surface area contributed by atoms with Crippen molar-refractivity contribution >= 4 is 51.0 Å². The van der Waals surface area contributed by atoms with Gasteiger partial charge in [0.1, 0.15) is 27.3 Å². The van der Waals surface area contributed by atoms with E-state index >= 15 is 0 Å². The summed E-state index contributed by atoms with van der Waals surface area (Å²) in [4.78, 5) is 32.4. The molecule has 50 heavy (non-hydrogen) atoms. The zero-order valence-corrected chi connectivity index (χ0v) is 31.0. The first-order valence-corrected chi connectivity index (χ1v) is 17.2. The number of pyridine rings is 3. The minimum atomic E-state index is -1.13. The molecular weight excluding hydrogens is 782 g/mol. The van der Waals surface area contributed by atoms with Crippen LogP contribution in [0.3, 0.4) is 0 Å². The molecule has 7 aromatic rings. The van der Waals surface area contributed by atoms with Gasteiger partial charge in [-0.2, -0.15) is 18.2 Å². The van der Waals surface area contributed by atoms with Crippen LogP contribution in [0, 0.1) is 21.3 Å². The Morgan fingerprint density at radius 2 is 1.18 bits per heavy atom. The van der Waals surface area contributed by atoms with Crippen LogP contribution in [0.25, 0.3) is 21.1 Å². The fourth-order valence-electron chi connectivity index (χ4n) is 3.82. The van der Waals surface area contributed by atoms with Crippen LogP contribution in [0.2, 0.25) is 0 Å². The molecule has 1 N–H and O–H groups in total. The van der Waals surface area contributed by atoms with Crippen molar-refractivity contribution < 1.29 is 37.5 Å². The summed E-state index contributed by atoms with van der Waals surface area (Å²) in [6.45, 7) is 3.23. The van der Waals surface area contributed by atoms with Crippen LogP contribution < -0.4 is 18.9 Å². The van der Waals surface area contributed by atoms with Crippen molar-refractivity contribution in [2.24, 2.45) is 0 Å². The van der Waals surface area contributed by atoms with Gasteiger partial charge < -0.3 is 10.1 Å². The molecule has 0 aliphatic carbocycles. The fraction of sp³-hybridized carbons (Fsp3) is 0.0811. The number of nitrogens with zero attached hydrogens (tertiary/aromatic N) is 5. The van der Waals surface area contributed by atoms with E-state index in [9.17, 15) is 18.7 Å². The Bertz CT molecular complexity index is 1980. The molecule has 0 spiro atoms. The summed E-state index contributed by atoms with van der Waals surface area (Å²) in [6.07, 6.45) is 13.4. The first-order valence-electron chi connectivity index (χ1n) is 14.5. The zero-order chi connectivity index (χ0) is 35.1. The average molecular weight is 812 g/mol. The number of carbonyl (C=O) groups is 1. The number of ketones is 1. The van der Waals surface area contributed by atoms with Crippen LogP contribution >= 0.6 is 45.3 Å². The second-order valence-electron chi connectivity index (χ2n) is 10.1. The van der Waals surface area contributed by atoms with Gasteiger partial charge in [-0.3, -0.25) is 14.8 Å². The van der Waals surface area contributed by atoms with Gasteiger partial charge in [-0.25, -0.2) is 18.7 Å². The topological polar surface area (TPSA) is 102 Å². The third kappa shape index (κ3) is 12.7. The number of halogens is 3.